The predicted molar refractivity (Wildman–Crippen MR) is 122 cm³/mol. The summed E-state index contributed by atoms with van der Waals surface area (Å²) in [5.74, 6) is 1.08. The number of ketones is 1. The van der Waals surface area contributed by atoms with Crippen molar-refractivity contribution in [3.63, 3.8) is 0 Å². The zero-order valence-corrected chi connectivity index (χ0v) is 17.8. The summed E-state index contributed by atoms with van der Waals surface area (Å²) in [6.07, 6.45) is 3.47. The largest absolute Gasteiger partial charge is 0.370 e. The van der Waals surface area contributed by atoms with Gasteiger partial charge in [0.15, 0.2) is 12.2 Å². The molecule has 0 aliphatic carbocycles. The number of carbonyl (C=O) groups excluding carboxylic acids is 1. The summed E-state index contributed by atoms with van der Waals surface area (Å²) in [7, 11) is 0. The number of guanidine groups is 1. The Hall–Kier alpha value is -2.75. The highest BCUT2D eigenvalue weighted by atomic mass is 16.3. The maximum absolute atomic E-state index is 12.3. The van der Waals surface area contributed by atoms with Gasteiger partial charge in [-0.15, -0.1) is 0 Å². The third-order valence-electron chi connectivity index (χ3n) is 5.46. The Bertz CT molecular complexity index is 814. The van der Waals surface area contributed by atoms with Gasteiger partial charge in [0.2, 0.25) is 0 Å². The average Bonchev–Trinajstić information content (AvgIpc) is 3.24. The highest BCUT2D eigenvalue weighted by Crippen LogP contribution is 2.22. The SMILES string of the molecule is N=C(N)NCCCNCc1ccc(C2=CNC(CC(=O)C[C@@H]3CCNC3)=NC2O)cc1. The van der Waals surface area contributed by atoms with Gasteiger partial charge in [0.1, 0.15) is 11.6 Å². The lowest BCUT2D eigenvalue weighted by atomic mass is 9.99. The van der Waals surface area contributed by atoms with Crippen LogP contribution in [0.25, 0.3) is 5.57 Å². The van der Waals surface area contributed by atoms with E-state index >= 15 is 0 Å². The topological polar surface area (TPSA) is 148 Å². The molecule has 168 valence electrons. The van der Waals surface area contributed by atoms with Crippen LogP contribution in [0.2, 0.25) is 0 Å². The second-order valence-electron chi connectivity index (χ2n) is 8.04. The summed E-state index contributed by atoms with van der Waals surface area (Å²) in [6.45, 7) is 4.12. The van der Waals surface area contributed by atoms with Crippen LogP contribution in [0, 0.1) is 11.3 Å². The van der Waals surface area contributed by atoms with Crippen molar-refractivity contribution in [2.75, 3.05) is 26.2 Å². The second kappa shape index (κ2) is 11.6. The Balaban J connectivity index is 1.43. The van der Waals surface area contributed by atoms with Gasteiger partial charge in [-0.1, -0.05) is 24.3 Å². The average molecular weight is 428 g/mol. The molecule has 2 heterocycles. The first kappa shape index (κ1) is 22.9. The van der Waals surface area contributed by atoms with Crippen molar-refractivity contribution in [2.24, 2.45) is 16.6 Å². The Morgan fingerprint density at radius 2 is 2.10 bits per heavy atom. The highest BCUT2D eigenvalue weighted by molar-refractivity contribution is 6.02. The number of aliphatic hydroxyl groups excluding tert-OH is 1. The number of benzene rings is 1. The number of rotatable bonds is 11. The summed E-state index contributed by atoms with van der Waals surface area (Å²) >= 11 is 0. The number of nitrogens with zero attached hydrogens (tertiary/aromatic N) is 1. The normalized spacial score (nSPS) is 20.5. The molecule has 31 heavy (non-hydrogen) atoms. The number of hydrogen-bond acceptors (Lipinski definition) is 7. The van der Waals surface area contributed by atoms with Crippen LogP contribution in [0.4, 0.5) is 0 Å². The molecule has 2 atom stereocenters. The van der Waals surface area contributed by atoms with Crippen molar-refractivity contribution in [1.82, 2.24) is 21.3 Å². The van der Waals surface area contributed by atoms with Gasteiger partial charge in [0.25, 0.3) is 0 Å². The minimum atomic E-state index is -0.977. The first-order valence-electron chi connectivity index (χ1n) is 10.8. The first-order chi connectivity index (χ1) is 15.0. The van der Waals surface area contributed by atoms with E-state index in [-0.39, 0.29) is 18.2 Å². The van der Waals surface area contributed by atoms with Gasteiger partial charge in [0.05, 0.1) is 6.42 Å². The lowest BCUT2D eigenvalue weighted by Gasteiger charge is -2.20. The molecular formula is C22H33N7O2. The van der Waals surface area contributed by atoms with Crippen molar-refractivity contribution in [3.05, 3.63) is 41.6 Å². The Morgan fingerprint density at radius 1 is 1.29 bits per heavy atom. The Labute approximate surface area is 183 Å². The highest BCUT2D eigenvalue weighted by Gasteiger charge is 2.22. The summed E-state index contributed by atoms with van der Waals surface area (Å²) in [5, 5.41) is 30.0. The fourth-order valence-corrected chi connectivity index (χ4v) is 3.77. The van der Waals surface area contributed by atoms with Gasteiger partial charge in [-0.2, -0.15) is 0 Å². The number of aliphatic hydroxyl groups is 1. The molecule has 1 aromatic rings. The summed E-state index contributed by atoms with van der Waals surface area (Å²) < 4.78 is 0. The van der Waals surface area contributed by atoms with E-state index in [0.717, 1.165) is 50.1 Å². The summed E-state index contributed by atoms with van der Waals surface area (Å²) in [4.78, 5) is 16.5. The summed E-state index contributed by atoms with van der Waals surface area (Å²) in [6, 6.07) is 7.96. The molecule has 1 fully saturated rings. The number of nitrogens with one attached hydrogen (secondary N) is 5. The van der Waals surface area contributed by atoms with Crippen molar-refractivity contribution >= 4 is 23.2 Å². The number of amidine groups is 1. The van der Waals surface area contributed by atoms with Gasteiger partial charge < -0.3 is 32.1 Å². The van der Waals surface area contributed by atoms with E-state index in [2.05, 4.69) is 26.3 Å². The molecule has 0 saturated carbocycles. The number of nitrogens with two attached hydrogens (primary N) is 1. The molecular weight excluding hydrogens is 394 g/mol. The van der Waals surface area contributed by atoms with Crippen LogP contribution in [0.1, 0.15) is 36.8 Å². The molecule has 9 nitrogen and oxygen atoms in total. The monoisotopic (exact) mass is 427 g/mol. The maximum atomic E-state index is 12.3. The molecule has 0 amide bonds. The van der Waals surface area contributed by atoms with Crippen molar-refractivity contribution in [1.29, 1.82) is 5.41 Å². The fourth-order valence-electron chi connectivity index (χ4n) is 3.77. The molecule has 0 aromatic heterocycles. The van der Waals surface area contributed by atoms with Gasteiger partial charge in [-0.3, -0.25) is 10.2 Å². The van der Waals surface area contributed by atoms with Crippen LogP contribution in [-0.4, -0.2) is 55.1 Å². The van der Waals surface area contributed by atoms with Gasteiger partial charge in [0, 0.05) is 31.3 Å². The van der Waals surface area contributed by atoms with E-state index in [1.165, 1.54) is 0 Å². The molecule has 3 rings (SSSR count). The van der Waals surface area contributed by atoms with Crippen molar-refractivity contribution in [3.8, 4) is 0 Å². The zero-order chi connectivity index (χ0) is 22.1. The maximum Gasteiger partial charge on any atom is 0.185 e. The molecule has 1 aromatic carbocycles. The third-order valence-corrected chi connectivity index (χ3v) is 5.46. The molecule has 2 aliphatic heterocycles. The van der Waals surface area contributed by atoms with E-state index in [0.29, 0.717) is 30.3 Å². The van der Waals surface area contributed by atoms with E-state index in [4.69, 9.17) is 11.1 Å². The smallest absolute Gasteiger partial charge is 0.185 e. The Kier molecular flexibility index (Phi) is 8.57. The standard InChI is InChI=1S/C22H33N7O2/c23-22(24)27-8-1-7-25-12-15-2-4-17(5-3-15)19-14-28-20(29-21(19)31)11-18(30)10-16-6-9-26-13-16/h2-5,14,16,21,25-26,31H,1,6-13H2,(H,28,29)(H4,23,24,27)/t16-,21?/m0/s1. The van der Waals surface area contributed by atoms with Gasteiger partial charge >= 0.3 is 0 Å². The van der Waals surface area contributed by atoms with Crippen LogP contribution in [0.5, 0.6) is 0 Å². The van der Waals surface area contributed by atoms with Crippen LogP contribution >= 0.6 is 0 Å². The molecule has 0 bridgehead atoms. The second-order valence-corrected chi connectivity index (χ2v) is 8.04. The van der Waals surface area contributed by atoms with Crippen molar-refractivity contribution in [2.45, 2.75) is 38.5 Å². The molecule has 2 aliphatic rings. The number of carbonyl (C=O) groups is 1. The van der Waals surface area contributed by atoms with Crippen LogP contribution < -0.4 is 27.0 Å². The molecule has 1 saturated heterocycles. The first-order valence-corrected chi connectivity index (χ1v) is 10.8. The van der Waals surface area contributed by atoms with Gasteiger partial charge in [-0.25, -0.2) is 4.99 Å². The lowest BCUT2D eigenvalue weighted by molar-refractivity contribution is -0.118. The Morgan fingerprint density at radius 3 is 2.77 bits per heavy atom. The molecule has 0 radical (unpaired) electrons. The third kappa shape index (κ3) is 7.46. The number of Topliss-reactive ketones (excluding diaryl/α,β-unsaturated/α-hetero) is 1. The van der Waals surface area contributed by atoms with Crippen LogP contribution in [-0.2, 0) is 11.3 Å². The van der Waals surface area contributed by atoms with E-state index in [1.807, 2.05) is 24.3 Å². The van der Waals surface area contributed by atoms with E-state index in [1.54, 1.807) is 6.20 Å². The van der Waals surface area contributed by atoms with Crippen molar-refractivity contribution < 1.29 is 9.90 Å². The molecule has 8 N–H and O–H groups in total. The number of hydrogen-bond donors (Lipinski definition) is 7. The zero-order valence-electron chi connectivity index (χ0n) is 17.8. The molecule has 0 spiro atoms. The molecule has 9 heteroatoms. The molecule has 1 unspecified atom stereocenters. The lowest BCUT2D eigenvalue weighted by Crippen LogP contribution is -2.32. The van der Waals surface area contributed by atoms with Crippen LogP contribution in [0.3, 0.4) is 0 Å². The van der Waals surface area contributed by atoms with Gasteiger partial charge in [-0.05, 0) is 49.5 Å². The minimum Gasteiger partial charge on any atom is -0.370 e. The quantitative estimate of drug-likeness (QED) is 0.152. The van der Waals surface area contributed by atoms with Crippen LogP contribution in [0.15, 0.2) is 35.5 Å². The minimum absolute atomic E-state index is 0.00559. The fraction of sp³-hybridized carbons (Fsp3) is 0.500. The van der Waals surface area contributed by atoms with E-state index in [9.17, 15) is 9.90 Å². The van der Waals surface area contributed by atoms with E-state index < -0.39 is 6.23 Å². The summed E-state index contributed by atoms with van der Waals surface area (Å²) in [5.41, 5.74) is 7.95. The number of aliphatic imine (C=N–C) groups is 1. The predicted octanol–water partition coefficient (Wildman–Crippen LogP) is 0.269.